The van der Waals surface area contributed by atoms with E-state index in [0.717, 1.165) is 0 Å². The highest BCUT2D eigenvalue weighted by molar-refractivity contribution is 5.66. The van der Waals surface area contributed by atoms with Crippen LogP contribution in [0.15, 0.2) is 61.4 Å². The lowest BCUT2D eigenvalue weighted by atomic mass is 10.3. The Labute approximate surface area is 96.1 Å². The fourth-order valence-corrected chi connectivity index (χ4v) is 0.552. The van der Waals surface area contributed by atoms with Gasteiger partial charge in [0.15, 0.2) is 0 Å². The molecule has 0 amide bonds. The molecule has 86 valence electrons. The zero-order chi connectivity index (χ0) is 12.6. The minimum Gasteiger partial charge on any atom is -0.497 e. The quantitative estimate of drug-likeness (QED) is 0.299. The number of carbonyl (C=O) groups excluding carboxylic acids is 2. The molecule has 0 N–H and O–H groups in total. The maximum Gasteiger partial charge on any atom is 0.146 e. The van der Waals surface area contributed by atoms with Crippen molar-refractivity contribution in [2.24, 2.45) is 0 Å². The molecule has 0 radical (unpaired) electrons. The maximum absolute atomic E-state index is 10.0. The van der Waals surface area contributed by atoms with E-state index >= 15 is 0 Å². The van der Waals surface area contributed by atoms with Crippen molar-refractivity contribution in [3.63, 3.8) is 0 Å². The minimum atomic E-state index is 0.527. The van der Waals surface area contributed by atoms with Crippen LogP contribution >= 0.6 is 0 Å². The third kappa shape index (κ3) is 14.4. The molecule has 0 spiro atoms. The first-order chi connectivity index (χ1) is 7.76. The Morgan fingerprint density at radius 3 is 2.00 bits per heavy atom. The van der Waals surface area contributed by atoms with Gasteiger partial charge in [-0.1, -0.05) is 37.5 Å². The Kier molecular flexibility index (Phi) is 15.6. The van der Waals surface area contributed by atoms with E-state index in [1.54, 1.807) is 30.4 Å². The summed E-state index contributed by atoms with van der Waals surface area (Å²) in [4.78, 5) is 19.1. The van der Waals surface area contributed by atoms with Crippen molar-refractivity contribution < 1.29 is 14.3 Å². The van der Waals surface area contributed by atoms with Gasteiger partial charge in [-0.2, -0.15) is 0 Å². The van der Waals surface area contributed by atoms with E-state index in [1.807, 2.05) is 0 Å². The molecule has 0 aliphatic heterocycles. The summed E-state index contributed by atoms with van der Waals surface area (Å²) in [6, 6.07) is 0. The first-order valence-electron chi connectivity index (χ1n) is 4.48. The summed E-state index contributed by atoms with van der Waals surface area (Å²) >= 11 is 0. The van der Waals surface area contributed by atoms with Crippen LogP contribution in [-0.2, 0) is 14.3 Å². The second-order valence-electron chi connectivity index (χ2n) is 2.26. The van der Waals surface area contributed by atoms with Gasteiger partial charge in [-0.25, -0.2) is 0 Å². The van der Waals surface area contributed by atoms with E-state index in [9.17, 15) is 4.79 Å². The largest absolute Gasteiger partial charge is 0.497 e. The van der Waals surface area contributed by atoms with Crippen LogP contribution in [0, 0.1) is 0 Å². The molecule has 0 rings (SSSR count). The Bertz CT molecular complexity index is 290. The molecule has 16 heavy (non-hydrogen) atoms. The highest BCUT2D eigenvalue weighted by Gasteiger charge is 1.84. The molecule has 0 saturated heterocycles. The van der Waals surface area contributed by atoms with Gasteiger partial charge in [0.25, 0.3) is 0 Å². The highest BCUT2D eigenvalue weighted by Crippen LogP contribution is 1.95. The van der Waals surface area contributed by atoms with Crippen LogP contribution in [0.2, 0.25) is 0 Å². The molecule has 0 unspecified atom stereocenters. The van der Waals surface area contributed by atoms with E-state index in [4.69, 9.17) is 9.53 Å². The van der Waals surface area contributed by atoms with Gasteiger partial charge >= 0.3 is 0 Å². The molecule has 0 heterocycles. The van der Waals surface area contributed by atoms with Crippen molar-refractivity contribution in [3.8, 4) is 0 Å². The molecule has 3 heteroatoms. The van der Waals surface area contributed by atoms with Crippen LogP contribution in [0.5, 0.6) is 0 Å². The average Bonchev–Trinajstić information content (AvgIpc) is 2.33. The van der Waals surface area contributed by atoms with Crippen LogP contribution in [0.4, 0.5) is 0 Å². The lowest BCUT2D eigenvalue weighted by molar-refractivity contribution is -0.104. The third-order valence-electron chi connectivity index (χ3n) is 1.18. The van der Waals surface area contributed by atoms with Gasteiger partial charge < -0.3 is 4.74 Å². The van der Waals surface area contributed by atoms with Crippen molar-refractivity contribution >= 4 is 12.6 Å². The van der Waals surface area contributed by atoms with Crippen molar-refractivity contribution in [3.05, 3.63) is 61.4 Å². The molecule has 3 nitrogen and oxygen atoms in total. The van der Waals surface area contributed by atoms with Gasteiger partial charge in [0.05, 0.1) is 7.11 Å². The number of ether oxygens (including phenoxy) is 1. The number of carbonyl (C=O) groups is 2. The maximum atomic E-state index is 10.0. The van der Waals surface area contributed by atoms with Crippen LogP contribution in [0.1, 0.15) is 0 Å². The lowest BCUT2D eigenvalue weighted by Crippen LogP contribution is -1.81. The topological polar surface area (TPSA) is 43.4 Å². The molecule has 0 bridgehead atoms. The zero-order valence-electron chi connectivity index (χ0n) is 9.34. The van der Waals surface area contributed by atoms with Crippen molar-refractivity contribution in [1.82, 2.24) is 0 Å². The number of rotatable bonds is 6. The lowest BCUT2D eigenvalue weighted by Gasteiger charge is -1.94. The summed E-state index contributed by atoms with van der Waals surface area (Å²) in [7, 11) is 1.51. The van der Waals surface area contributed by atoms with Crippen LogP contribution in [-0.4, -0.2) is 19.7 Å². The monoisotopic (exact) mass is 220 g/mol. The number of hydrogen-bond donors (Lipinski definition) is 0. The van der Waals surface area contributed by atoms with Crippen molar-refractivity contribution in [1.29, 1.82) is 0 Å². The number of hydrogen-bond acceptors (Lipinski definition) is 3. The van der Waals surface area contributed by atoms with E-state index < -0.39 is 0 Å². The average molecular weight is 220 g/mol. The predicted molar refractivity (Wildman–Crippen MR) is 65.9 cm³/mol. The summed E-state index contributed by atoms with van der Waals surface area (Å²) in [5, 5.41) is 0. The fraction of sp³-hybridized carbons (Fsp3) is 0.0769. The smallest absolute Gasteiger partial charge is 0.146 e. The Morgan fingerprint density at radius 1 is 1.00 bits per heavy atom. The summed E-state index contributed by atoms with van der Waals surface area (Å²) < 4.78 is 4.85. The number of allylic oxidation sites excluding steroid dienone is 7. The molecule has 0 aromatic carbocycles. The van der Waals surface area contributed by atoms with Gasteiger partial charge in [-0.05, 0) is 12.2 Å². The molecule has 0 atom stereocenters. The van der Waals surface area contributed by atoms with E-state index in [0.29, 0.717) is 18.3 Å². The van der Waals surface area contributed by atoms with Gasteiger partial charge in [0, 0.05) is 6.08 Å². The highest BCUT2D eigenvalue weighted by atomic mass is 16.5. The number of aldehydes is 2. The SMILES string of the molecule is C=C/C=C/C=C\C(=C/C=O)OC.C=CC=O. The fourth-order valence-electron chi connectivity index (χ4n) is 0.552. The summed E-state index contributed by atoms with van der Waals surface area (Å²) in [5.41, 5.74) is 0. The van der Waals surface area contributed by atoms with Gasteiger partial charge in [0.1, 0.15) is 18.3 Å². The van der Waals surface area contributed by atoms with Gasteiger partial charge in [-0.15, -0.1) is 0 Å². The molecular weight excluding hydrogens is 204 g/mol. The molecule has 0 saturated carbocycles. The second-order valence-corrected chi connectivity index (χ2v) is 2.26. The van der Waals surface area contributed by atoms with E-state index in [-0.39, 0.29) is 0 Å². The predicted octanol–water partition coefficient (Wildman–Crippen LogP) is 2.39. The molecule has 0 aromatic heterocycles. The zero-order valence-corrected chi connectivity index (χ0v) is 9.34. The second kappa shape index (κ2) is 15.3. The summed E-state index contributed by atoms with van der Waals surface area (Å²) in [6.07, 6.45) is 12.6. The van der Waals surface area contributed by atoms with Crippen molar-refractivity contribution in [2.45, 2.75) is 0 Å². The van der Waals surface area contributed by atoms with E-state index in [1.165, 1.54) is 19.3 Å². The minimum absolute atomic E-state index is 0.527. The molecule has 0 aliphatic rings. The Hall–Kier alpha value is -2.16. The number of methoxy groups -OCH3 is 1. The normalized spacial score (nSPS) is 10.4. The molecule has 0 aromatic rings. The summed E-state index contributed by atoms with van der Waals surface area (Å²) in [5.74, 6) is 0.527. The van der Waals surface area contributed by atoms with E-state index in [2.05, 4.69) is 13.2 Å². The van der Waals surface area contributed by atoms with Crippen LogP contribution < -0.4 is 0 Å². The van der Waals surface area contributed by atoms with Crippen LogP contribution in [0.25, 0.3) is 0 Å². The van der Waals surface area contributed by atoms with Gasteiger partial charge in [-0.3, -0.25) is 9.59 Å². The Morgan fingerprint density at radius 2 is 1.62 bits per heavy atom. The third-order valence-corrected chi connectivity index (χ3v) is 1.18. The first-order valence-corrected chi connectivity index (χ1v) is 4.48. The summed E-state index contributed by atoms with van der Waals surface area (Å²) in [6.45, 7) is 6.62. The Balaban J connectivity index is 0. The molecular formula is C13H16O3. The first kappa shape index (κ1) is 16.3. The molecule has 0 aliphatic carbocycles. The van der Waals surface area contributed by atoms with Crippen molar-refractivity contribution in [2.75, 3.05) is 7.11 Å². The van der Waals surface area contributed by atoms with Gasteiger partial charge in [0.2, 0.25) is 0 Å². The standard InChI is InChI=1S/C10H12O2.C3H4O/c1-3-4-5-6-7-10(12-2)8-9-11;1-2-3-4/h3-9H,1H2,2H3;2-3H,1H2/b5-4+,7-6-,10-8+;. The molecule has 0 fully saturated rings. The van der Waals surface area contributed by atoms with Crippen LogP contribution in [0.3, 0.4) is 0 Å².